The topological polar surface area (TPSA) is 125 Å². The highest BCUT2D eigenvalue weighted by Gasteiger charge is 2.38. The average molecular weight is 737 g/mol. The molecule has 11 nitrogen and oxygen atoms in total. The van der Waals surface area contributed by atoms with Gasteiger partial charge in [0.25, 0.3) is 5.70 Å². The number of nitrogens with zero attached hydrogens (tertiary/aromatic N) is 6. The van der Waals surface area contributed by atoms with Gasteiger partial charge in [0.1, 0.15) is 40.7 Å². The van der Waals surface area contributed by atoms with E-state index in [1.165, 1.54) is 0 Å². The monoisotopic (exact) mass is 736 g/mol. The molecule has 2 aromatic rings. The molecular formula is C44H44N6O5. The van der Waals surface area contributed by atoms with Crippen molar-refractivity contribution >= 4 is 11.9 Å². The molecule has 2 heterocycles. The number of hydrogen-bond donors (Lipinski definition) is 0. The summed E-state index contributed by atoms with van der Waals surface area (Å²) in [5.41, 5.74) is 2.66. The van der Waals surface area contributed by atoms with Crippen LogP contribution in [0.1, 0.15) is 79.1 Å². The van der Waals surface area contributed by atoms with Gasteiger partial charge in [-0.3, -0.25) is 4.79 Å². The molecule has 2 aromatic carbocycles. The van der Waals surface area contributed by atoms with Crippen LogP contribution >= 0.6 is 0 Å². The highest BCUT2D eigenvalue weighted by Crippen LogP contribution is 2.47. The van der Waals surface area contributed by atoms with E-state index >= 15 is 0 Å². The zero-order chi connectivity index (χ0) is 39.3. The van der Waals surface area contributed by atoms with Gasteiger partial charge in [-0.25, -0.2) is 14.5 Å². The van der Waals surface area contributed by atoms with Crippen molar-refractivity contribution in [3.8, 4) is 35.1 Å². The maximum absolute atomic E-state index is 13.4. The highest BCUT2D eigenvalue weighted by atomic mass is 16.5. The van der Waals surface area contributed by atoms with Gasteiger partial charge in [-0.15, -0.1) is 0 Å². The fraction of sp³-hybridized carbons (Fsp3) is 0.409. The predicted octanol–water partition coefficient (Wildman–Crippen LogP) is 9.02. The molecule has 280 valence electrons. The van der Waals surface area contributed by atoms with Crippen molar-refractivity contribution in [3.63, 3.8) is 0 Å². The van der Waals surface area contributed by atoms with Gasteiger partial charge in [0.15, 0.2) is 5.70 Å². The van der Waals surface area contributed by atoms with E-state index in [9.17, 15) is 20.1 Å². The van der Waals surface area contributed by atoms with Crippen molar-refractivity contribution in [1.82, 2.24) is 9.80 Å². The number of carbonyl (C=O) groups is 2. The van der Waals surface area contributed by atoms with E-state index in [0.29, 0.717) is 59.6 Å². The Labute approximate surface area is 323 Å². The molecule has 55 heavy (non-hydrogen) atoms. The number of benzene rings is 2. The lowest BCUT2D eigenvalue weighted by Crippen LogP contribution is -2.30. The normalized spacial score (nSPS) is 20.8. The first-order chi connectivity index (χ1) is 26.3. The number of nitriles is 2. The third-order valence-electron chi connectivity index (χ3n) is 10.5. The van der Waals surface area contributed by atoms with Crippen molar-refractivity contribution in [2.75, 3.05) is 26.2 Å². The largest absolute Gasteiger partial charge is 0.457 e. The van der Waals surface area contributed by atoms with E-state index in [1.807, 2.05) is 6.07 Å². The Morgan fingerprint density at radius 3 is 1.60 bits per heavy atom. The second-order valence-corrected chi connectivity index (χ2v) is 16.0. The molecule has 11 heteroatoms. The van der Waals surface area contributed by atoms with Crippen LogP contribution in [-0.2, 0) is 9.59 Å². The first kappa shape index (κ1) is 38.4. The van der Waals surface area contributed by atoms with Gasteiger partial charge in [0.05, 0.1) is 18.7 Å². The molecule has 0 atom stereocenters. The Hall–Kier alpha value is -6.30. The van der Waals surface area contributed by atoms with Crippen LogP contribution < -0.4 is 14.2 Å². The van der Waals surface area contributed by atoms with Gasteiger partial charge in [-0.05, 0) is 122 Å². The summed E-state index contributed by atoms with van der Waals surface area (Å²) in [6, 6.07) is 17.0. The number of rotatable bonds is 8. The minimum Gasteiger partial charge on any atom is -0.457 e. The maximum Gasteiger partial charge on any atom is 0.354 e. The lowest BCUT2D eigenvalue weighted by Gasteiger charge is -2.37. The number of esters is 2. The van der Waals surface area contributed by atoms with Crippen LogP contribution in [0, 0.1) is 46.6 Å². The first-order valence-electron chi connectivity index (χ1n) is 18.7. The first-order valence-corrected chi connectivity index (χ1v) is 18.7. The van der Waals surface area contributed by atoms with E-state index in [-0.39, 0.29) is 33.6 Å². The average Bonchev–Trinajstić information content (AvgIpc) is 3.89. The summed E-state index contributed by atoms with van der Waals surface area (Å²) in [6.07, 6.45) is 6.44. The summed E-state index contributed by atoms with van der Waals surface area (Å²) >= 11 is 0. The second-order valence-electron chi connectivity index (χ2n) is 16.0. The van der Waals surface area contributed by atoms with Crippen LogP contribution in [0.2, 0.25) is 0 Å². The Bertz CT molecular complexity index is 2010. The summed E-state index contributed by atoms with van der Waals surface area (Å²) in [7, 11) is 0. The molecule has 0 saturated carbocycles. The number of carbonyl (C=O) groups excluding carboxylic acids is 2. The lowest BCUT2D eigenvalue weighted by atomic mass is 9.72. The van der Waals surface area contributed by atoms with Gasteiger partial charge in [0, 0.05) is 37.6 Å². The van der Waals surface area contributed by atoms with Gasteiger partial charge in [0.2, 0.25) is 0 Å². The minimum absolute atomic E-state index is 0.167. The van der Waals surface area contributed by atoms with Crippen LogP contribution in [0.3, 0.4) is 0 Å². The third-order valence-corrected chi connectivity index (χ3v) is 10.5. The molecule has 0 unspecified atom stereocenters. The maximum atomic E-state index is 13.4. The Morgan fingerprint density at radius 2 is 1.13 bits per heavy atom. The molecule has 0 bridgehead atoms. The zero-order valence-electron chi connectivity index (χ0n) is 31.8. The summed E-state index contributed by atoms with van der Waals surface area (Å²) in [4.78, 5) is 38.5. The zero-order valence-corrected chi connectivity index (χ0v) is 31.8. The Balaban J connectivity index is 1.13. The summed E-state index contributed by atoms with van der Waals surface area (Å²) in [5.74, 6) is -0.320. The molecule has 0 spiro atoms. The number of allylic oxidation sites excluding steroid dienone is 5. The summed E-state index contributed by atoms with van der Waals surface area (Å²) in [5, 5.41) is 20.2. The van der Waals surface area contributed by atoms with Crippen molar-refractivity contribution in [2.24, 2.45) is 10.8 Å². The van der Waals surface area contributed by atoms with Crippen LogP contribution in [0.25, 0.3) is 9.69 Å². The minimum atomic E-state index is -0.819. The Morgan fingerprint density at radius 1 is 0.673 bits per heavy atom. The predicted molar refractivity (Wildman–Crippen MR) is 204 cm³/mol. The molecule has 0 amide bonds. The molecule has 2 aliphatic heterocycles. The fourth-order valence-corrected chi connectivity index (χ4v) is 7.93. The number of likely N-dealkylation sites (tertiary alicyclic amines) is 2. The van der Waals surface area contributed by atoms with Crippen molar-refractivity contribution in [1.29, 1.82) is 10.5 Å². The SMILES string of the molecule is [C-]#[N+]C1=C(N2CCCC2)CC(C)(C)C/C1=C(/[N+]#[C-])C(=O)Oc1ccc(Oc2ccc(OC(=O)/C(C#N)=C3\CC(C)(C)CC(N4CCCC4)=C3C#N)cc2)cc1. The van der Waals surface area contributed by atoms with Crippen LogP contribution in [0.4, 0.5) is 0 Å². The van der Waals surface area contributed by atoms with E-state index in [0.717, 1.165) is 63.3 Å². The van der Waals surface area contributed by atoms with E-state index in [1.54, 1.807) is 48.5 Å². The lowest BCUT2D eigenvalue weighted by molar-refractivity contribution is -0.130. The van der Waals surface area contributed by atoms with Gasteiger partial charge in [-0.2, -0.15) is 10.5 Å². The van der Waals surface area contributed by atoms with Crippen molar-refractivity contribution in [2.45, 2.75) is 79.1 Å². The fourth-order valence-electron chi connectivity index (χ4n) is 7.93. The Kier molecular flexibility index (Phi) is 11.2. The molecule has 2 saturated heterocycles. The van der Waals surface area contributed by atoms with Crippen LogP contribution in [0.5, 0.6) is 23.0 Å². The van der Waals surface area contributed by atoms with E-state index in [2.05, 4.69) is 53.3 Å². The molecule has 2 fully saturated rings. The smallest absolute Gasteiger partial charge is 0.354 e. The second kappa shape index (κ2) is 16.0. The number of ether oxygens (including phenoxy) is 3. The van der Waals surface area contributed by atoms with Gasteiger partial charge >= 0.3 is 11.9 Å². The molecule has 6 rings (SSSR count). The molecule has 0 N–H and O–H groups in total. The van der Waals surface area contributed by atoms with Crippen LogP contribution in [-0.4, -0.2) is 47.9 Å². The summed E-state index contributed by atoms with van der Waals surface area (Å²) < 4.78 is 17.2. The molecule has 0 radical (unpaired) electrons. The van der Waals surface area contributed by atoms with Gasteiger partial charge in [-0.1, -0.05) is 27.7 Å². The van der Waals surface area contributed by atoms with Crippen molar-refractivity contribution < 1.29 is 23.8 Å². The molecule has 2 aliphatic carbocycles. The van der Waals surface area contributed by atoms with Gasteiger partial charge < -0.3 is 24.0 Å². The molecular weight excluding hydrogens is 693 g/mol. The standard InChI is InChI=1S/C44H44N6O5/c1-43(2)23-33(35(27-45)37(25-43)49-19-7-8-20-49)36(28-46)41(51)54-31-15-11-29(12-16-31)53-30-13-17-32(18-14-30)55-42(52)40(48-6)34-24-44(3,4)26-38(39(34)47-5)50-21-9-10-22-50/h11-18H,7-10,19-26H2,1-4H3/b36-33+,40-34-. The van der Waals surface area contributed by atoms with E-state index in [4.69, 9.17) is 27.4 Å². The van der Waals surface area contributed by atoms with Crippen LogP contribution in [0.15, 0.2) is 93.6 Å². The van der Waals surface area contributed by atoms with Crippen molar-refractivity contribution in [3.05, 3.63) is 116 Å². The molecule has 4 aliphatic rings. The summed E-state index contributed by atoms with van der Waals surface area (Å²) in [6.45, 7) is 27.6. The third kappa shape index (κ3) is 8.59. The molecule has 0 aromatic heterocycles. The van der Waals surface area contributed by atoms with E-state index < -0.39 is 11.9 Å². The number of hydrogen-bond acceptors (Lipinski definition) is 9. The highest BCUT2D eigenvalue weighted by molar-refractivity contribution is 5.96. The quantitative estimate of drug-likeness (QED) is 0.0858.